The number of benzene rings is 2. The van der Waals surface area contributed by atoms with Crippen LogP contribution in [0.1, 0.15) is 16.7 Å². The molecule has 0 aliphatic rings. The van der Waals surface area contributed by atoms with Crippen molar-refractivity contribution >= 4 is 21.4 Å². The molecule has 0 unspecified atom stereocenters. The summed E-state index contributed by atoms with van der Waals surface area (Å²) in [6, 6.07) is 10.4. The number of carbonyl (C=O) groups excluding carboxylic acids is 1. The minimum absolute atomic E-state index is 0.114. The molecule has 0 atom stereocenters. The molecular formula is C18H21NO4S. The van der Waals surface area contributed by atoms with Crippen LogP contribution in [0.4, 0.5) is 5.69 Å². The Labute approximate surface area is 142 Å². The highest BCUT2D eigenvalue weighted by Gasteiger charge is 2.11. The first-order chi connectivity index (χ1) is 11.2. The first-order valence-corrected chi connectivity index (χ1v) is 9.36. The van der Waals surface area contributed by atoms with Crippen molar-refractivity contribution in [1.82, 2.24) is 0 Å². The zero-order chi connectivity index (χ0) is 17.9. The molecule has 0 aliphatic heterocycles. The molecule has 1 N–H and O–H groups in total. The predicted octanol–water partition coefficient (Wildman–Crippen LogP) is 3.03. The van der Waals surface area contributed by atoms with E-state index >= 15 is 0 Å². The summed E-state index contributed by atoms with van der Waals surface area (Å²) in [5.41, 5.74) is 3.26. The van der Waals surface area contributed by atoms with Crippen molar-refractivity contribution in [2.45, 2.75) is 25.7 Å². The molecule has 24 heavy (non-hydrogen) atoms. The Bertz CT molecular complexity index is 873. The number of aryl methyl sites for hydroxylation is 3. The molecule has 1 amide bonds. The largest absolute Gasteiger partial charge is 0.483 e. The smallest absolute Gasteiger partial charge is 0.262 e. The van der Waals surface area contributed by atoms with Gasteiger partial charge in [0.05, 0.1) is 4.90 Å². The summed E-state index contributed by atoms with van der Waals surface area (Å²) in [7, 11) is -3.26. The Morgan fingerprint density at radius 1 is 1.04 bits per heavy atom. The first-order valence-electron chi connectivity index (χ1n) is 7.47. The highest BCUT2D eigenvalue weighted by molar-refractivity contribution is 7.90. The zero-order valence-corrected chi connectivity index (χ0v) is 15.0. The third kappa shape index (κ3) is 4.58. The molecule has 0 saturated heterocycles. The second-order valence-electron chi connectivity index (χ2n) is 5.85. The van der Waals surface area contributed by atoms with Crippen LogP contribution in [0, 0.1) is 20.8 Å². The topological polar surface area (TPSA) is 72.5 Å². The molecule has 5 nitrogen and oxygen atoms in total. The third-order valence-corrected chi connectivity index (χ3v) is 4.71. The molecule has 0 aromatic heterocycles. The molecular weight excluding hydrogens is 326 g/mol. The third-order valence-electron chi connectivity index (χ3n) is 3.60. The maximum absolute atomic E-state index is 12.1. The van der Waals surface area contributed by atoms with Crippen LogP contribution >= 0.6 is 0 Å². The number of ether oxygens (including phenoxy) is 1. The lowest BCUT2D eigenvalue weighted by Gasteiger charge is -2.12. The lowest BCUT2D eigenvalue weighted by Crippen LogP contribution is -2.21. The van der Waals surface area contributed by atoms with Gasteiger partial charge in [-0.2, -0.15) is 0 Å². The number of anilines is 1. The number of amides is 1. The van der Waals surface area contributed by atoms with Gasteiger partial charge >= 0.3 is 0 Å². The van der Waals surface area contributed by atoms with Gasteiger partial charge in [-0.3, -0.25) is 4.79 Å². The van der Waals surface area contributed by atoms with Crippen LogP contribution in [0.5, 0.6) is 5.75 Å². The fourth-order valence-electron chi connectivity index (χ4n) is 2.20. The lowest BCUT2D eigenvalue weighted by atomic mass is 10.1. The summed E-state index contributed by atoms with van der Waals surface area (Å²) in [5, 5.41) is 2.73. The van der Waals surface area contributed by atoms with Crippen molar-refractivity contribution in [2.24, 2.45) is 0 Å². The lowest BCUT2D eigenvalue weighted by molar-refractivity contribution is -0.118. The van der Waals surface area contributed by atoms with Crippen LogP contribution in [0.3, 0.4) is 0 Å². The molecule has 0 aliphatic carbocycles. The van der Waals surface area contributed by atoms with E-state index in [1.54, 1.807) is 13.0 Å². The number of hydrogen-bond donors (Lipinski definition) is 1. The Kier molecular flexibility index (Phi) is 5.29. The molecule has 2 aromatic carbocycles. The number of hydrogen-bond acceptors (Lipinski definition) is 4. The SMILES string of the molecule is Cc1ccc(C)c(OCC(=O)Nc2ccc(S(C)(=O)=O)cc2C)c1. The maximum Gasteiger partial charge on any atom is 0.262 e. The average molecular weight is 347 g/mol. The van der Waals surface area contributed by atoms with Crippen LogP contribution in [-0.2, 0) is 14.6 Å². The Balaban J connectivity index is 2.04. The molecule has 0 bridgehead atoms. The van der Waals surface area contributed by atoms with E-state index in [2.05, 4.69) is 5.32 Å². The minimum Gasteiger partial charge on any atom is -0.483 e. The van der Waals surface area contributed by atoms with Crippen LogP contribution in [-0.4, -0.2) is 27.2 Å². The summed E-state index contributed by atoms with van der Waals surface area (Å²) in [5.74, 6) is 0.375. The highest BCUT2D eigenvalue weighted by Crippen LogP contribution is 2.21. The molecule has 6 heteroatoms. The van der Waals surface area contributed by atoms with E-state index in [-0.39, 0.29) is 17.4 Å². The van der Waals surface area contributed by atoms with Crippen molar-refractivity contribution < 1.29 is 17.9 Å². The van der Waals surface area contributed by atoms with Crippen molar-refractivity contribution in [3.05, 3.63) is 53.1 Å². The fraction of sp³-hybridized carbons (Fsp3) is 0.278. The van der Waals surface area contributed by atoms with Crippen molar-refractivity contribution in [3.63, 3.8) is 0 Å². The summed E-state index contributed by atoms with van der Waals surface area (Å²) in [4.78, 5) is 12.3. The van der Waals surface area contributed by atoms with Crippen LogP contribution in [0.25, 0.3) is 0 Å². The van der Waals surface area contributed by atoms with E-state index < -0.39 is 9.84 Å². The van der Waals surface area contributed by atoms with Gasteiger partial charge in [0.25, 0.3) is 5.91 Å². The van der Waals surface area contributed by atoms with Gasteiger partial charge in [-0.1, -0.05) is 12.1 Å². The zero-order valence-electron chi connectivity index (χ0n) is 14.2. The summed E-state index contributed by atoms with van der Waals surface area (Å²) < 4.78 is 28.6. The van der Waals surface area contributed by atoms with E-state index in [4.69, 9.17) is 4.74 Å². The van der Waals surface area contributed by atoms with Gasteiger partial charge in [-0.05, 0) is 61.7 Å². The van der Waals surface area contributed by atoms with Gasteiger partial charge in [0.2, 0.25) is 0 Å². The normalized spacial score (nSPS) is 11.2. The van der Waals surface area contributed by atoms with E-state index in [1.807, 2.05) is 32.0 Å². The van der Waals surface area contributed by atoms with Crippen molar-refractivity contribution in [3.8, 4) is 5.75 Å². The molecule has 128 valence electrons. The highest BCUT2D eigenvalue weighted by atomic mass is 32.2. The van der Waals surface area contributed by atoms with E-state index in [1.165, 1.54) is 12.1 Å². The maximum atomic E-state index is 12.1. The Hall–Kier alpha value is -2.34. The Morgan fingerprint density at radius 2 is 1.75 bits per heavy atom. The molecule has 0 heterocycles. The summed E-state index contributed by atoms with van der Waals surface area (Å²) in [6.07, 6.45) is 1.15. The molecule has 0 spiro atoms. The van der Waals surface area contributed by atoms with E-state index in [0.717, 1.165) is 17.4 Å². The van der Waals surface area contributed by atoms with E-state index in [0.29, 0.717) is 17.0 Å². The van der Waals surface area contributed by atoms with Crippen LogP contribution < -0.4 is 10.1 Å². The number of nitrogens with one attached hydrogen (secondary N) is 1. The molecule has 0 saturated carbocycles. The molecule has 0 radical (unpaired) electrons. The minimum atomic E-state index is -3.26. The van der Waals surface area contributed by atoms with Crippen molar-refractivity contribution in [1.29, 1.82) is 0 Å². The second kappa shape index (κ2) is 7.05. The van der Waals surface area contributed by atoms with Gasteiger partial charge in [0, 0.05) is 11.9 Å². The van der Waals surface area contributed by atoms with Crippen LogP contribution in [0.15, 0.2) is 41.3 Å². The molecule has 2 aromatic rings. The van der Waals surface area contributed by atoms with Crippen LogP contribution in [0.2, 0.25) is 0 Å². The monoisotopic (exact) mass is 347 g/mol. The van der Waals surface area contributed by atoms with Gasteiger partial charge in [-0.25, -0.2) is 8.42 Å². The van der Waals surface area contributed by atoms with Crippen molar-refractivity contribution in [2.75, 3.05) is 18.2 Å². The summed E-state index contributed by atoms with van der Waals surface area (Å²) in [6.45, 7) is 5.51. The number of rotatable bonds is 5. The standard InChI is InChI=1S/C18H21NO4S/c1-12-5-6-13(2)17(9-12)23-11-18(20)19-16-8-7-15(10-14(16)3)24(4,21)22/h5-10H,11H2,1-4H3,(H,19,20). The first kappa shape index (κ1) is 18.0. The second-order valence-corrected chi connectivity index (χ2v) is 7.87. The van der Waals surface area contributed by atoms with Gasteiger partial charge in [0.1, 0.15) is 5.75 Å². The molecule has 0 fully saturated rings. The average Bonchev–Trinajstić information content (AvgIpc) is 2.49. The predicted molar refractivity (Wildman–Crippen MR) is 94.3 cm³/mol. The number of sulfone groups is 1. The van der Waals surface area contributed by atoms with Gasteiger partial charge < -0.3 is 10.1 Å². The summed E-state index contributed by atoms with van der Waals surface area (Å²) >= 11 is 0. The number of carbonyl (C=O) groups is 1. The van der Waals surface area contributed by atoms with Gasteiger partial charge in [-0.15, -0.1) is 0 Å². The van der Waals surface area contributed by atoms with Gasteiger partial charge in [0.15, 0.2) is 16.4 Å². The Morgan fingerprint density at radius 3 is 2.38 bits per heavy atom. The molecule has 2 rings (SSSR count). The fourth-order valence-corrected chi connectivity index (χ4v) is 2.91. The van der Waals surface area contributed by atoms with E-state index in [9.17, 15) is 13.2 Å². The quantitative estimate of drug-likeness (QED) is 0.902.